The van der Waals surface area contributed by atoms with Gasteiger partial charge in [0, 0.05) is 36.9 Å². The molecular weight excluding hydrogens is 487 g/mol. The maximum Gasteiger partial charge on any atom is 0.498 e. The normalized spacial score (nSPS) is 21.8. The standard InChI is InChI=1S/C27H45BN4O6/c1-18(2)21(31-24(34)36-25(3,4)5)22(33)32-14-11-10-12-20(32)13-15-35-23-29-16-19(17-30-23)28-37-26(6,7)27(8,9)38-28/h16-18,20-21H,10-15H2,1-9H3,(H,31,34)/t20-,21+/m0/s1. The number of alkyl carbamates (subject to hydrolysis) is 1. The van der Waals surface area contributed by atoms with Gasteiger partial charge in [0.25, 0.3) is 0 Å². The molecule has 2 amide bonds. The van der Waals surface area contributed by atoms with E-state index in [0.29, 0.717) is 19.6 Å². The summed E-state index contributed by atoms with van der Waals surface area (Å²) in [7, 11) is -0.529. The zero-order chi connectivity index (χ0) is 28.3. The lowest BCUT2D eigenvalue weighted by Gasteiger charge is -2.39. The molecule has 0 radical (unpaired) electrons. The highest BCUT2D eigenvalue weighted by atomic mass is 16.7. The summed E-state index contributed by atoms with van der Waals surface area (Å²) in [5.41, 5.74) is -0.776. The molecule has 0 saturated carbocycles. The first-order valence-corrected chi connectivity index (χ1v) is 13.7. The molecule has 2 atom stereocenters. The number of likely N-dealkylation sites (tertiary alicyclic amines) is 1. The van der Waals surface area contributed by atoms with Crippen LogP contribution in [0.4, 0.5) is 4.79 Å². The van der Waals surface area contributed by atoms with E-state index in [9.17, 15) is 9.59 Å². The summed E-state index contributed by atoms with van der Waals surface area (Å²) in [5.74, 6) is -0.164. The first-order valence-electron chi connectivity index (χ1n) is 13.7. The minimum absolute atomic E-state index is 0.0157. The monoisotopic (exact) mass is 532 g/mol. The molecule has 0 bridgehead atoms. The second-order valence-electron chi connectivity index (χ2n) is 12.6. The average Bonchev–Trinajstić information content (AvgIpc) is 3.03. The Morgan fingerprint density at radius 2 is 1.74 bits per heavy atom. The van der Waals surface area contributed by atoms with Crippen molar-refractivity contribution in [3.63, 3.8) is 0 Å². The molecule has 3 heterocycles. The molecule has 0 unspecified atom stereocenters. The fourth-order valence-electron chi connectivity index (χ4n) is 4.51. The van der Waals surface area contributed by atoms with Crippen molar-refractivity contribution in [1.29, 1.82) is 0 Å². The van der Waals surface area contributed by atoms with Crippen LogP contribution in [0.2, 0.25) is 0 Å². The number of amides is 2. The number of hydrogen-bond acceptors (Lipinski definition) is 8. The van der Waals surface area contributed by atoms with Crippen molar-refractivity contribution in [3.8, 4) is 6.01 Å². The van der Waals surface area contributed by atoms with Crippen LogP contribution in [0.5, 0.6) is 6.01 Å². The molecule has 2 aliphatic rings. The van der Waals surface area contributed by atoms with E-state index in [2.05, 4.69) is 15.3 Å². The third kappa shape index (κ3) is 7.59. The number of hydrogen-bond donors (Lipinski definition) is 1. The van der Waals surface area contributed by atoms with Gasteiger partial charge >= 0.3 is 19.2 Å². The van der Waals surface area contributed by atoms with E-state index in [1.54, 1.807) is 33.2 Å². The zero-order valence-electron chi connectivity index (χ0n) is 24.5. The third-order valence-corrected chi connectivity index (χ3v) is 7.37. The first kappa shape index (κ1) is 30.2. The number of nitrogens with zero attached hydrogens (tertiary/aromatic N) is 3. The molecule has 2 saturated heterocycles. The van der Waals surface area contributed by atoms with Crippen molar-refractivity contribution < 1.29 is 28.4 Å². The van der Waals surface area contributed by atoms with E-state index in [-0.39, 0.29) is 23.9 Å². The van der Waals surface area contributed by atoms with Gasteiger partial charge in [0.15, 0.2) is 0 Å². The fraction of sp³-hybridized carbons (Fsp3) is 0.778. The van der Waals surface area contributed by atoms with Crippen LogP contribution in [0.15, 0.2) is 12.4 Å². The summed E-state index contributed by atoms with van der Waals surface area (Å²) in [4.78, 5) is 36.4. The van der Waals surface area contributed by atoms with Gasteiger partial charge in [0.1, 0.15) is 11.6 Å². The molecule has 0 aliphatic carbocycles. The average molecular weight is 532 g/mol. The topological polar surface area (TPSA) is 112 Å². The number of piperidine rings is 1. The van der Waals surface area contributed by atoms with Crippen molar-refractivity contribution in [2.75, 3.05) is 13.2 Å². The van der Waals surface area contributed by atoms with Crippen LogP contribution < -0.4 is 15.5 Å². The molecule has 3 rings (SSSR count). The molecule has 2 aliphatic heterocycles. The zero-order valence-corrected chi connectivity index (χ0v) is 24.5. The number of carbonyl (C=O) groups is 2. The SMILES string of the molecule is CC(C)[C@@H](NC(=O)OC(C)(C)C)C(=O)N1CCCC[C@H]1CCOc1ncc(B2OC(C)(C)C(C)(C)O2)cn1. The predicted molar refractivity (Wildman–Crippen MR) is 145 cm³/mol. The Balaban J connectivity index is 1.56. The lowest BCUT2D eigenvalue weighted by atomic mass is 9.81. The van der Waals surface area contributed by atoms with Crippen molar-refractivity contribution in [3.05, 3.63) is 12.4 Å². The molecule has 1 N–H and O–H groups in total. The van der Waals surface area contributed by atoms with Crippen LogP contribution >= 0.6 is 0 Å². The molecule has 0 aromatic carbocycles. The Morgan fingerprint density at radius 3 is 2.29 bits per heavy atom. The fourth-order valence-corrected chi connectivity index (χ4v) is 4.51. The lowest BCUT2D eigenvalue weighted by molar-refractivity contribution is -0.138. The van der Waals surface area contributed by atoms with Gasteiger partial charge in [-0.1, -0.05) is 13.8 Å². The van der Waals surface area contributed by atoms with Crippen LogP contribution in [0.25, 0.3) is 0 Å². The Kier molecular flexibility index (Phi) is 9.34. The summed E-state index contributed by atoms with van der Waals surface area (Å²) in [5, 5.41) is 2.79. The lowest BCUT2D eigenvalue weighted by Crippen LogP contribution is -2.56. The van der Waals surface area contributed by atoms with Crippen LogP contribution in [-0.2, 0) is 18.8 Å². The summed E-state index contributed by atoms with van der Waals surface area (Å²) >= 11 is 0. The van der Waals surface area contributed by atoms with Crippen molar-refractivity contribution in [1.82, 2.24) is 20.2 Å². The maximum absolute atomic E-state index is 13.5. The predicted octanol–water partition coefficient (Wildman–Crippen LogP) is 3.48. The Bertz CT molecular complexity index is 947. The van der Waals surface area contributed by atoms with E-state index in [4.69, 9.17) is 18.8 Å². The van der Waals surface area contributed by atoms with E-state index >= 15 is 0 Å². The molecule has 212 valence electrons. The van der Waals surface area contributed by atoms with Gasteiger partial charge in [0.2, 0.25) is 5.91 Å². The molecule has 38 heavy (non-hydrogen) atoms. The van der Waals surface area contributed by atoms with Crippen molar-refractivity contribution in [2.24, 2.45) is 5.92 Å². The Morgan fingerprint density at radius 1 is 1.13 bits per heavy atom. The van der Waals surface area contributed by atoms with Gasteiger partial charge < -0.3 is 29.0 Å². The van der Waals surface area contributed by atoms with E-state index in [0.717, 1.165) is 24.7 Å². The summed E-state index contributed by atoms with van der Waals surface area (Å²) in [6.07, 6.45) is 6.25. The van der Waals surface area contributed by atoms with Gasteiger partial charge in [-0.25, -0.2) is 14.8 Å². The number of aromatic nitrogens is 2. The highest BCUT2D eigenvalue weighted by Gasteiger charge is 2.52. The second kappa shape index (κ2) is 11.8. The quantitative estimate of drug-likeness (QED) is 0.507. The van der Waals surface area contributed by atoms with Crippen LogP contribution in [0.1, 0.15) is 88.0 Å². The summed E-state index contributed by atoms with van der Waals surface area (Å²) < 4.78 is 23.3. The second-order valence-corrected chi connectivity index (χ2v) is 12.6. The van der Waals surface area contributed by atoms with E-state index in [1.165, 1.54) is 0 Å². The molecule has 11 heteroatoms. The Hall–Kier alpha value is -2.40. The van der Waals surface area contributed by atoms with Crippen LogP contribution in [0.3, 0.4) is 0 Å². The Labute approximate surface area is 227 Å². The molecule has 2 fully saturated rings. The van der Waals surface area contributed by atoms with E-state index in [1.807, 2.05) is 46.4 Å². The highest BCUT2D eigenvalue weighted by Crippen LogP contribution is 2.36. The number of nitrogens with one attached hydrogen (secondary N) is 1. The number of rotatable bonds is 8. The number of ether oxygens (including phenoxy) is 2. The van der Waals surface area contributed by atoms with Crippen molar-refractivity contribution in [2.45, 2.75) is 117 Å². The molecule has 1 aromatic heterocycles. The summed E-state index contributed by atoms with van der Waals surface area (Å²) in [6.45, 7) is 18.3. The molecule has 0 spiro atoms. The maximum atomic E-state index is 13.5. The van der Waals surface area contributed by atoms with Gasteiger partial charge in [-0.05, 0) is 73.6 Å². The third-order valence-electron chi connectivity index (χ3n) is 7.37. The van der Waals surface area contributed by atoms with Gasteiger partial charge in [-0.2, -0.15) is 0 Å². The van der Waals surface area contributed by atoms with Crippen molar-refractivity contribution >= 4 is 24.6 Å². The number of carbonyl (C=O) groups excluding carboxylic acids is 2. The summed E-state index contributed by atoms with van der Waals surface area (Å²) in [6, 6.07) is -0.371. The van der Waals surface area contributed by atoms with E-state index < -0.39 is 36.1 Å². The van der Waals surface area contributed by atoms with Crippen LogP contribution in [-0.4, -0.2) is 76.0 Å². The highest BCUT2D eigenvalue weighted by molar-refractivity contribution is 6.61. The van der Waals surface area contributed by atoms with Gasteiger partial charge in [-0.3, -0.25) is 4.79 Å². The molecule has 10 nitrogen and oxygen atoms in total. The smallest absolute Gasteiger partial charge is 0.463 e. The first-order chi connectivity index (χ1) is 17.6. The van der Waals surface area contributed by atoms with Gasteiger partial charge in [0.05, 0.1) is 17.8 Å². The minimum atomic E-state index is -0.655. The molecular formula is C27H45BN4O6. The van der Waals surface area contributed by atoms with Gasteiger partial charge in [-0.15, -0.1) is 0 Å². The molecule has 1 aromatic rings. The largest absolute Gasteiger partial charge is 0.498 e. The minimum Gasteiger partial charge on any atom is -0.463 e. The van der Waals surface area contributed by atoms with Crippen LogP contribution in [0, 0.1) is 5.92 Å².